The Kier molecular flexibility index (Phi) is 3.34. The summed E-state index contributed by atoms with van der Waals surface area (Å²) in [7, 11) is 1.62. The number of para-hydroxylation sites is 1. The average molecular weight is 228 g/mol. The summed E-state index contributed by atoms with van der Waals surface area (Å²) in [5.41, 5.74) is 0.931. The summed E-state index contributed by atoms with van der Waals surface area (Å²) < 4.78 is 10.5. The third kappa shape index (κ3) is 2.36. The van der Waals surface area contributed by atoms with Gasteiger partial charge in [0.2, 0.25) is 0 Å². The van der Waals surface area contributed by atoms with Gasteiger partial charge in [-0.25, -0.2) is 0 Å². The van der Waals surface area contributed by atoms with Crippen molar-refractivity contribution in [3.63, 3.8) is 0 Å². The zero-order valence-electron chi connectivity index (χ0n) is 8.63. The number of hydrogen-bond donors (Lipinski definition) is 1. The third-order valence-corrected chi connectivity index (χ3v) is 2.76. The largest absolute Gasteiger partial charge is 0.493 e. The van der Waals surface area contributed by atoms with Gasteiger partial charge in [0.15, 0.2) is 5.75 Å². The van der Waals surface area contributed by atoms with E-state index >= 15 is 0 Å². The zero-order chi connectivity index (χ0) is 10.7. The van der Waals surface area contributed by atoms with Crippen LogP contribution in [0.5, 0.6) is 5.75 Å². The highest BCUT2D eigenvalue weighted by molar-refractivity contribution is 6.32. The molecule has 3 nitrogen and oxygen atoms in total. The van der Waals surface area contributed by atoms with Crippen molar-refractivity contribution in [1.82, 2.24) is 0 Å². The third-order valence-electron chi connectivity index (χ3n) is 2.46. The van der Waals surface area contributed by atoms with Crippen LogP contribution in [0.25, 0.3) is 0 Å². The Morgan fingerprint density at radius 1 is 1.53 bits per heavy atom. The lowest BCUT2D eigenvalue weighted by molar-refractivity contribution is 0.195. The number of halogens is 1. The Morgan fingerprint density at radius 2 is 2.40 bits per heavy atom. The Balaban J connectivity index is 2.15. The van der Waals surface area contributed by atoms with Crippen LogP contribution in [0.1, 0.15) is 6.42 Å². The number of methoxy groups -OCH3 is 1. The summed E-state index contributed by atoms with van der Waals surface area (Å²) in [4.78, 5) is 0. The predicted octanol–water partition coefficient (Wildman–Crippen LogP) is 2.55. The Morgan fingerprint density at radius 3 is 3.07 bits per heavy atom. The molecule has 1 heterocycles. The molecule has 0 saturated carbocycles. The number of benzene rings is 1. The monoisotopic (exact) mass is 227 g/mol. The molecule has 1 atom stereocenters. The van der Waals surface area contributed by atoms with Crippen LogP contribution < -0.4 is 10.1 Å². The standard InChI is InChI=1S/C11H14ClNO2/c1-14-11-9(12)3-2-4-10(11)13-8-5-6-15-7-8/h2-4,8,13H,5-7H2,1H3. The summed E-state index contributed by atoms with van der Waals surface area (Å²) in [5, 5.41) is 3.99. The lowest BCUT2D eigenvalue weighted by Crippen LogP contribution is -2.19. The van der Waals surface area contributed by atoms with Crippen molar-refractivity contribution in [2.75, 3.05) is 25.6 Å². The van der Waals surface area contributed by atoms with E-state index in [0.717, 1.165) is 25.3 Å². The first-order valence-corrected chi connectivity index (χ1v) is 5.36. The van der Waals surface area contributed by atoms with E-state index < -0.39 is 0 Å². The SMILES string of the molecule is COc1c(Cl)cccc1NC1CCOC1. The van der Waals surface area contributed by atoms with Crippen LogP contribution in [-0.4, -0.2) is 26.4 Å². The van der Waals surface area contributed by atoms with E-state index in [1.807, 2.05) is 18.2 Å². The minimum absolute atomic E-state index is 0.359. The molecule has 15 heavy (non-hydrogen) atoms. The van der Waals surface area contributed by atoms with Gasteiger partial charge in [-0.2, -0.15) is 0 Å². The zero-order valence-corrected chi connectivity index (χ0v) is 9.38. The van der Waals surface area contributed by atoms with E-state index in [1.165, 1.54) is 0 Å². The molecule has 1 aliphatic heterocycles. The molecule has 0 aromatic heterocycles. The van der Waals surface area contributed by atoms with Gasteiger partial charge in [-0.05, 0) is 18.6 Å². The second-order valence-electron chi connectivity index (χ2n) is 3.53. The fourth-order valence-electron chi connectivity index (χ4n) is 1.70. The second-order valence-corrected chi connectivity index (χ2v) is 3.93. The summed E-state index contributed by atoms with van der Waals surface area (Å²) in [6, 6.07) is 6.04. The van der Waals surface area contributed by atoms with Crippen molar-refractivity contribution in [1.29, 1.82) is 0 Å². The molecule has 1 N–H and O–H groups in total. The molecule has 0 bridgehead atoms. The van der Waals surface area contributed by atoms with Crippen LogP contribution in [0.3, 0.4) is 0 Å². The van der Waals surface area contributed by atoms with Gasteiger partial charge in [0, 0.05) is 6.61 Å². The number of rotatable bonds is 3. The van der Waals surface area contributed by atoms with E-state index in [9.17, 15) is 0 Å². The van der Waals surface area contributed by atoms with Crippen molar-refractivity contribution in [2.45, 2.75) is 12.5 Å². The molecule has 1 aliphatic rings. The van der Waals surface area contributed by atoms with Gasteiger partial charge in [-0.3, -0.25) is 0 Å². The molecular weight excluding hydrogens is 214 g/mol. The van der Waals surface area contributed by atoms with Crippen LogP contribution in [-0.2, 0) is 4.74 Å². The number of anilines is 1. The molecule has 1 aromatic rings. The fourth-order valence-corrected chi connectivity index (χ4v) is 1.95. The molecule has 0 amide bonds. The first kappa shape index (κ1) is 10.6. The van der Waals surface area contributed by atoms with Crippen molar-refractivity contribution in [2.24, 2.45) is 0 Å². The van der Waals surface area contributed by atoms with Gasteiger partial charge in [0.25, 0.3) is 0 Å². The molecule has 1 fully saturated rings. The topological polar surface area (TPSA) is 30.5 Å². The Labute approximate surface area is 94.3 Å². The average Bonchev–Trinajstić information content (AvgIpc) is 2.71. The fraction of sp³-hybridized carbons (Fsp3) is 0.455. The van der Waals surface area contributed by atoms with Crippen molar-refractivity contribution < 1.29 is 9.47 Å². The highest BCUT2D eigenvalue weighted by Crippen LogP contribution is 2.33. The Hall–Kier alpha value is -0.930. The molecule has 82 valence electrons. The van der Waals surface area contributed by atoms with Crippen molar-refractivity contribution in [3.05, 3.63) is 23.2 Å². The van der Waals surface area contributed by atoms with Crippen LogP contribution in [0.15, 0.2) is 18.2 Å². The molecule has 0 spiro atoms. The maximum absolute atomic E-state index is 6.02. The van der Waals surface area contributed by atoms with E-state index in [2.05, 4.69) is 5.32 Å². The molecular formula is C11H14ClNO2. The summed E-state index contributed by atoms with van der Waals surface area (Å²) >= 11 is 6.02. The molecule has 4 heteroatoms. The van der Waals surface area contributed by atoms with Crippen molar-refractivity contribution in [3.8, 4) is 5.75 Å². The maximum Gasteiger partial charge on any atom is 0.160 e. The minimum Gasteiger partial charge on any atom is -0.493 e. The molecule has 0 aliphatic carbocycles. The van der Waals surface area contributed by atoms with E-state index in [0.29, 0.717) is 16.8 Å². The molecule has 1 aromatic carbocycles. The number of ether oxygens (including phenoxy) is 2. The second kappa shape index (κ2) is 4.73. The van der Waals surface area contributed by atoms with Crippen LogP contribution in [0, 0.1) is 0 Å². The molecule has 0 radical (unpaired) electrons. The minimum atomic E-state index is 0.359. The highest BCUT2D eigenvalue weighted by Gasteiger charge is 2.17. The molecule has 1 saturated heterocycles. The molecule has 1 unspecified atom stereocenters. The quantitative estimate of drug-likeness (QED) is 0.861. The predicted molar refractivity (Wildman–Crippen MR) is 60.9 cm³/mol. The normalized spacial score (nSPS) is 20.3. The molecule has 2 rings (SSSR count). The first-order valence-electron chi connectivity index (χ1n) is 4.98. The van der Waals surface area contributed by atoms with Crippen LogP contribution in [0.4, 0.5) is 5.69 Å². The van der Waals surface area contributed by atoms with Gasteiger partial charge in [-0.15, -0.1) is 0 Å². The van der Waals surface area contributed by atoms with Gasteiger partial charge < -0.3 is 14.8 Å². The van der Waals surface area contributed by atoms with Gasteiger partial charge in [0.1, 0.15) is 0 Å². The first-order chi connectivity index (χ1) is 7.31. The summed E-state index contributed by atoms with van der Waals surface area (Å²) in [5.74, 6) is 0.700. The van der Waals surface area contributed by atoms with E-state index in [4.69, 9.17) is 21.1 Å². The van der Waals surface area contributed by atoms with Gasteiger partial charge in [-0.1, -0.05) is 17.7 Å². The maximum atomic E-state index is 6.02. The van der Waals surface area contributed by atoms with E-state index in [-0.39, 0.29) is 0 Å². The lowest BCUT2D eigenvalue weighted by atomic mass is 10.2. The number of nitrogens with one attached hydrogen (secondary N) is 1. The van der Waals surface area contributed by atoms with Crippen LogP contribution in [0.2, 0.25) is 5.02 Å². The smallest absolute Gasteiger partial charge is 0.160 e. The van der Waals surface area contributed by atoms with Crippen molar-refractivity contribution >= 4 is 17.3 Å². The number of hydrogen-bond acceptors (Lipinski definition) is 3. The van der Waals surface area contributed by atoms with Gasteiger partial charge in [0.05, 0.1) is 30.5 Å². The lowest BCUT2D eigenvalue weighted by Gasteiger charge is -2.16. The van der Waals surface area contributed by atoms with Crippen LogP contribution >= 0.6 is 11.6 Å². The van der Waals surface area contributed by atoms with E-state index in [1.54, 1.807) is 7.11 Å². The summed E-state index contributed by atoms with van der Waals surface area (Å²) in [6.07, 6.45) is 1.02. The summed E-state index contributed by atoms with van der Waals surface area (Å²) in [6.45, 7) is 1.57. The van der Waals surface area contributed by atoms with Gasteiger partial charge >= 0.3 is 0 Å². The highest BCUT2D eigenvalue weighted by atomic mass is 35.5. The Bertz CT molecular complexity index is 337.